The number of nitrogens with one attached hydrogen (secondary N) is 2. The van der Waals surface area contributed by atoms with Crippen LogP contribution in [0.3, 0.4) is 0 Å². The van der Waals surface area contributed by atoms with Crippen LogP contribution in [0.1, 0.15) is 31.9 Å². The average molecular weight is 292 g/mol. The monoisotopic (exact) mass is 292 g/mol. The minimum Gasteiger partial charge on any atom is -0.468 e. The number of hydrogen-bond donors (Lipinski definition) is 2. The van der Waals surface area contributed by atoms with Crippen molar-refractivity contribution in [1.82, 2.24) is 10.6 Å². The van der Waals surface area contributed by atoms with Crippen molar-refractivity contribution in [2.75, 3.05) is 20.2 Å². The molecule has 5 heteroatoms. The van der Waals surface area contributed by atoms with E-state index in [2.05, 4.69) is 24.5 Å². The molecule has 5 nitrogen and oxygen atoms in total. The Morgan fingerprint density at radius 3 is 2.43 bits per heavy atom. The molecular weight excluding hydrogens is 268 g/mol. The Kier molecular flexibility index (Phi) is 7.46. The van der Waals surface area contributed by atoms with E-state index in [9.17, 15) is 9.59 Å². The lowest BCUT2D eigenvalue weighted by atomic mass is 10.1. The SMILES string of the molecule is COC(=O)C(NCC(=O)NCCC(C)C)c1ccccc1. The number of esters is 1. The number of rotatable bonds is 8. The Balaban J connectivity index is 2.51. The van der Waals surface area contributed by atoms with Gasteiger partial charge in [-0.25, -0.2) is 4.79 Å². The van der Waals surface area contributed by atoms with Gasteiger partial charge in [0.05, 0.1) is 13.7 Å². The van der Waals surface area contributed by atoms with Crippen LogP contribution < -0.4 is 10.6 Å². The molecule has 1 aromatic carbocycles. The maximum absolute atomic E-state index is 11.8. The average Bonchev–Trinajstić information content (AvgIpc) is 2.47. The van der Waals surface area contributed by atoms with Crippen LogP contribution in [0.4, 0.5) is 0 Å². The van der Waals surface area contributed by atoms with Crippen molar-refractivity contribution in [1.29, 1.82) is 0 Å². The molecule has 0 aliphatic rings. The quantitative estimate of drug-likeness (QED) is 0.715. The highest BCUT2D eigenvalue weighted by Crippen LogP contribution is 2.13. The minimum atomic E-state index is -0.632. The van der Waals surface area contributed by atoms with Gasteiger partial charge < -0.3 is 10.1 Å². The van der Waals surface area contributed by atoms with E-state index in [0.29, 0.717) is 12.5 Å². The maximum Gasteiger partial charge on any atom is 0.327 e. The van der Waals surface area contributed by atoms with E-state index in [1.54, 1.807) is 0 Å². The predicted octanol–water partition coefficient (Wildman–Crippen LogP) is 1.65. The third-order valence-corrected chi connectivity index (χ3v) is 3.08. The second kappa shape index (κ2) is 9.13. The summed E-state index contributed by atoms with van der Waals surface area (Å²) in [7, 11) is 1.34. The maximum atomic E-state index is 11.8. The summed E-state index contributed by atoms with van der Waals surface area (Å²) in [4.78, 5) is 23.6. The van der Waals surface area contributed by atoms with Crippen molar-refractivity contribution in [3.63, 3.8) is 0 Å². The molecule has 0 heterocycles. The van der Waals surface area contributed by atoms with Crippen molar-refractivity contribution in [3.05, 3.63) is 35.9 Å². The van der Waals surface area contributed by atoms with Crippen LogP contribution in [-0.4, -0.2) is 32.1 Å². The summed E-state index contributed by atoms with van der Waals surface area (Å²) < 4.78 is 4.78. The van der Waals surface area contributed by atoms with Crippen LogP contribution in [0.15, 0.2) is 30.3 Å². The summed E-state index contributed by atoms with van der Waals surface area (Å²) in [6, 6.07) is 8.57. The minimum absolute atomic E-state index is 0.0761. The molecule has 1 amide bonds. The summed E-state index contributed by atoms with van der Waals surface area (Å²) in [5.74, 6) is 0.0158. The lowest BCUT2D eigenvalue weighted by Gasteiger charge is -2.16. The fourth-order valence-corrected chi connectivity index (χ4v) is 1.86. The first-order valence-electron chi connectivity index (χ1n) is 7.17. The molecule has 0 aromatic heterocycles. The molecule has 1 atom stereocenters. The van der Waals surface area contributed by atoms with E-state index in [0.717, 1.165) is 12.0 Å². The summed E-state index contributed by atoms with van der Waals surface area (Å²) in [6.07, 6.45) is 0.935. The van der Waals surface area contributed by atoms with Gasteiger partial charge in [0.25, 0.3) is 0 Å². The van der Waals surface area contributed by atoms with E-state index >= 15 is 0 Å². The van der Waals surface area contributed by atoms with Gasteiger partial charge in [0.15, 0.2) is 0 Å². The van der Waals surface area contributed by atoms with Gasteiger partial charge in [0, 0.05) is 6.54 Å². The molecule has 116 valence electrons. The standard InChI is InChI=1S/C16H24N2O3/c1-12(2)9-10-17-14(19)11-18-15(16(20)21-3)13-7-5-4-6-8-13/h4-8,12,15,18H,9-11H2,1-3H3,(H,17,19). The lowest BCUT2D eigenvalue weighted by Crippen LogP contribution is -2.39. The highest BCUT2D eigenvalue weighted by atomic mass is 16.5. The van der Waals surface area contributed by atoms with Gasteiger partial charge in [-0.15, -0.1) is 0 Å². The summed E-state index contributed by atoms with van der Waals surface area (Å²) >= 11 is 0. The number of carbonyl (C=O) groups is 2. The first kappa shape index (κ1) is 17.2. The Bertz CT molecular complexity index is 446. The molecule has 1 unspecified atom stereocenters. The van der Waals surface area contributed by atoms with Crippen LogP contribution >= 0.6 is 0 Å². The van der Waals surface area contributed by atoms with Crippen molar-refractivity contribution in [3.8, 4) is 0 Å². The number of methoxy groups -OCH3 is 1. The Morgan fingerprint density at radius 2 is 1.86 bits per heavy atom. The number of hydrogen-bond acceptors (Lipinski definition) is 4. The molecule has 1 rings (SSSR count). The molecule has 0 aliphatic carbocycles. The third kappa shape index (κ3) is 6.40. The molecule has 2 N–H and O–H groups in total. The van der Waals surface area contributed by atoms with Crippen LogP contribution in [0.5, 0.6) is 0 Å². The zero-order valence-electron chi connectivity index (χ0n) is 12.9. The zero-order chi connectivity index (χ0) is 15.7. The smallest absolute Gasteiger partial charge is 0.327 e. The topological polar surface area (TPSA) is 67.4 Å². The Morgan fingerprint density at radius 1 is 1.19 bits per heavy atom. The molecule has 0 aliphatic heterocycles. The van der Waals surface area contributed by atoms with Crippen LogP contribution in [-0.2, 0) is 14.3 Å². The number of ether oxygens (including phenoxy) is 1. The second-order valence-electron chi connectivity index (χ2n) is 5.28. The van der Waals surface area contributed by atoms with Gasteiger partial charge in [-0.3, -0.25) is 10.1 Å². The first-order valence-corrected chi connectivity index (χ1v) is 7.17. The Labute approximate surface area is 126 Å². The van der Waals surface area contributed by atoms with E-state index in [1.807, 2.05) is 30.3 Å². The molecule has 0 radical (unpaired) electrons. The van der Waals surface area contributed by atoms with E-state index in [-0.39, 0.29) is 12.5 Å². The van der Waals surface area contributed by atoms with Crippen LogP contribution in [0, 0.1) is 5.92 Å². The Hall–Kier alpha value is -1.88. The number of amides is 1. The van der Waals surface area contributed by atoms with Crippen molar-refractivity contribution < 1.29 is 14.3 Å². The number of carbonyl (C=O) groups excluding carboxylic acids is 2. The second-order valence-corrected chi connectivity index (χ2v) is 5.28. The van der Waals surface area contributed by atoms with Gasteiger partial charge in [-0.1, -0.05) is 44.2 Å². The summed E-state index contributed by atoms with van der Waals surface area (Å²) in [6.45, 7) is 4.93. The van der Waals surface area contributed by atoms with Gasteiger partial charge in [0.1, 0.15) is 6.04 Å². The summed E-state index contributed by atoms with van der Waals surface area (Å²) in [5.41, 5.74) is 0.777. The normalized spacial score (nSPS) is 12.0. The van der Waals surface area contributed by atoms with E-state index in [4.69, 9.17) is 4.74 Å². The van der Waals surface area contributed by atoms with Crippen molar-refractivity contribution >= 4 is 11.9 Å². The fraction of sp³-hybridized carbons (Fsp3) is 0.500. The van der Waals surface area contributed by atoms with Gasteiger partial charge >= 0.3 is 5.97 Å². The number of benzene rings is 1. The predicted molar refractivity (Wildman–Crippen MR) is 81.7 cm³/mol. The molecule has 0 saturated carbocycles. The molecule has 0 bridgehead atoms. The molecule has 0 fully saturated rings. The van der Waals surface area contributed by atoms with Crippen molar-refractivity contribution in [2.24, 2.45) is 5.92 Å². The summed E-state index contributed by atoms with van der Waals surface area (Å²) in [5, 5.41) is 5.76. The van der Waals surface area contributed by atoms with Gasteiger partial charge in [-0.2, -0.15) is 0 Å². The molecule has 1 aromatic rings. The molecule has 21 heavy (non-hydrogen) atoms. The highest BCUT2D eigenvalue weighted by molar-refractivity contribution is 5.81. The molecule has 0 spiro atoms. The van der Waals surface area contributed by atoms with E-state index in [1.165, 1.54) is 7.11 Å². The third-order valence-electron chi connectivity index (χ3n) is 3.08. The largest absolute Gasteiger partial charge is 0.468 e. The fourth-order valence-electron chi connectivity index (χ4n) is 1.86. The van der Waals surface area contributed by atoms with Gasteiger partial charge in [0.2, 0.25) is 5.91 Å². The molecule has 0 saturated heterocycles. The lowest BCUT2D eigenvalue weighted by molar-refractivity contribution is -0.143. The zero-order valence-corrected chi connectivity index (χ0v) is 12.9. The highest BCUT2D eigenvalue weighted by Gasteiger charge is 2.21. The van der Waals surface area contributed by atoms with Crippen molar-refractivity contribution in [2.45, 2.75) is 26.3 Å². The van der Waals surface area contributed by atoms with Crippen LogP contribution in [0.2, 0.25) is 0 Å². The van der Waals surface area contributed by atoms with Gasteiger partial charge in [-0.05, 0) is 17.9 Å². The first-order chi connectivity index (χ1) is 10.0. The van der Waals surface area contributed by atoms with Crippen LogP contribution in [0.25, 0.3) is 0 Å². The molecular formula is C16H24N2O3. The van der Waals surface area contributed by atoms with E-state index < -0.39 is 12.0 Å².